The van der Waals surface area contributed by atoms with E-state index in [1.807, 2.05) is 19.1 Å². The van der Waals surface area contributed by atoms with Gasteiger partial charge in [-0.1, -0.05) is 18.7 Å². The molecular weight excluding hydrogens is 647 g/mol. The van der Waals surface area contributed by atoms with Crippen molar-refractivity contribution in [3.8, 4) is 23.0 Å². The maximum atomic E-state index is 12.4. The lowest BCUT2D eigenvalue weighted by atomic mass is 9.95. The maximum absolute atomic E-state index is 12.4. The fraction of sp³-hybridized carbons (Fsp3) is 0.321. The van der Waals surface area contributed by atoms with Crippen LogP contribution in [0.2, 0.25) is 0 Å². The summed E-state index contributed by atoms with van der Waals surface area (Å²) in [6.45, 7) is 7.55. The van der Waals surface area contributed by atoms with Gasteiger partial charge >= 0.3 is 12.0 Å². The number of hydrogen-bond acceptors (Lipinski definition) is 10. The number of aliphatic hydroxyl groups is 1. The summed E-state index contributed by atoms with van der Waals surface area (Å²) in [5.41, 5.74) is 4.51. The fourth-order valence-electron chi connectivity index (χ4n) is 3.95. The van der Waals surface area contributed by atoms with Gasteiger partial charge in [0.2, 0.25) is 0 Å². The minimum Gasteiger partial charge on any atom is -0.493 e. The molecule has 0 aromatic heterocycles. The summed E-state index contributed by atoms with van der Waals surface area (Å²) in [6.07, 6.45) is 1.97. The molecule has 1 aliphatic heterocycles. The van der Waals surface area contributed by atoms with E-state index in [0.717, 1.165) is 3.57 Å². The standard InChI is InChI=1S/C28H33IN4O8/c1-6-10-40-26-18(11-19(29)13-22(26)37-4)14-30-33-23(34)15-41-20-9-8-17(12-21(20)39-7-2)25-24(27(35)38-5)16(3)31-28(36)32-25/h6,8-9,11-14,23,25,33-34H,1,7,10,15H2,2-5H3,(H2,31,32,36)/b30-14+/t23-,25-/m0/s1. The van der Waals surface area contributed by atoms with E-state index in [1.165, 1.54) is 13.3 Å². The zero-order chi connectivity index (χ0) is 29.9. The van der Waals surface area contributed by atoms with E-state index in [4.69, 9.17) is 23.7 Å². The van der Waals surface area contributed by atoms with Gasteiger partial charge in [0.15, 0.2) is 29.2 Å². The minimum absolute atomic E-state index is 0.164. The molecule has 0 bridgehead atoms. The monoisotopic (exact) mass is 680 g/mol. The number of carbonyl (C=O) groups excluding carboxylic acids is 2. The number of hydrogen-bond donors (Lipinski definition) is 4. The molecule has 41 heavy (non-hydrogen) atoms. The van der Waals surface area contributed by atoms with E-state index in [0.29, 0.717) is 46.4 Å². The van der Waals surface area contributed by atoms with Crippen molar-refractivity contribution in [1.82, 2.24) is 16.1 Å². The molecule has 2 amide bonds. The molecule has 0 saturated heterocycles. The number of nitrogens with zero attached hydrogens (tertiary/aromatic N) is 1. The fourth-order valence-corrected chi connectivity index (χ4v) is 4.57. The molecule has 220 valence electrons. The molecule has 0 saturated carbocycles. The highest BCUT2D eigenvalue weighted by molar-refractivity contribution is 14.1. The number of ether oxygens (including phenoxy) is 5. The summed E-state index contributed by atoms with van der Waals surface area (Å²) in [5.74, 6) is 1.19. The Balaban J connectivity index is 1.73. The van der Waals surface area contributed by atoms with Crippen LogP contribution in [0.3, 0.4) is 0 Å². The summed E-state index contributed by atoms with van der Waals surface area (Å²) < 4.78 is 28.5. The van der Waals surface area contributed by atoms with Crippen LogP contribution < -0.4 is 35.0 Å². The number of amides is 2. The first-order valence-electron chi connectivity index (χ1n) is 12.6. The van der Waals surface area contributed by atoms with Crippen LogP contribution in [0.5, 0.6) is 23.0 Å². The lowest BCUT2D eigenvalue weighted by Gasteiger charge is -2.28. The summed E-state index contributed by atoms with van der Waals surface area (Å²) in [6, 6.07) is 7.48. The summed E-state index contributed by atoms with van der Waals surface area (Å²) in [4.78, 5) is 24.6. The van der Waals surface area contributed by atoms with Crippen LogP contribution in [0.25, 0.3) is 0 Å². The highest BCUT2D eigenvalue weighted by Crippen LogP contribution is 2.35. The molecule has 1 aliphatic rings. The van der Waals surface area contributed by atoms with Crippen molar-refractivity contribution >= 4 is 40.8 Å². The molecule has 2 aromatic rings. The van der Waals surface area contributed by atoms with Crippen LogP contribution >= 0.6 is 22.6 Å². The third kappa shape index (κ3) is 8.27. The van der Waals surface area contributed by atoms with Crippen LogP contribution in [0.15, 0.2) is 59.4 Å². The summed E-state index contributed by atoms with van der Waals surface area (Å²) in [7, 11) is 2.82. The maximum Gasteiger partial charge on any atom is 0.337 e. The van der Waals surface area contributed by atoms with Crippen molar-refractivity contribution in [2.75, 3.05) is 34.0 Å². The van der Waals surface area contributed by atoms with Crippen LogP contribution in [0.1, 0.15) is 31.0 Å². The van der Waals surface area contributed by atoms with E-state index in [9.17, 15) is 14.7 Å². The van der Waals surface area contributed by atoms with Crippen LogP contribution in [0.4, 0.5) is 4.79 Å². The average molecular weight is 680 g/mol. The van der Waals surface area contributed by atoms with Gasteiger partial charge in [-0.3, -0.25) is 5.43 Å². The second-order valence-corrected chi connectivity index (χ2v) is 9.79. The van der Waals surface area contributed by atoms with Crippen LogP contribution in [0, 0.1) is 3.57 Å². The lowest BCUT2D eigenvalue weighted by molar-refractivity contribution is -0.136. The normalized spacial score (nSPS) is 15.5. The van der Waals surface area contributed by atoms with E-state index in [2.05, 4.69) is 50.3 Å². The lowest BCUT2D eigenvalue weighted by Crippen LogP contribution is -2.45. The van der Waals surface area contributed by atoms with Gasteiger partial charge in [0, 0.05) is 14.8 Å². The van der Waals surface area contributed by atoms with Crippen molar-refractivity contribution in [2.24, 2.45) is 5.10 Å². The van der Waals surface area contributed by atoms with E-state index >= 15 is 0 Å². The Morgan fingerprint density at radius 2 is 1.98 bits per heavy atom. The van der Waals surface area contributed by atoms with Gasteiger partial charge in [-0.05, 0) is 66.3 Å². The van der Waals surface area contributed by atoms with Crippen molar-refractivity contribution in [1.29, 1.82) is 0 Å². The number of rotatable bonds is 14. The molecule has 3 rings (SSSR count). The SMILES string of the molecule is C=CCOc1c(/C=N/N[C@@H](O)COc2ccc([C@@H]3NC(=O)NC(C)=C3C(=O)OC)cc2OCC)cc(I)cc1OC. The Hall–Kier alpha value is -3.98. The third-order valence-electron chi connectivity index (χ3n) is 5.71. The van der Waals surface area contributed by atoms with E-state index < -0.39 is 24.3 Å². The zero-order valence-electron chi connectivity index (χ0n) is 23.2. The van der Waals surface area contributed by atoms with Gasteiger partial charge in [-0.25, -0.2) is 9.59 Å². The molecule has 0 unspecified atom stereocenters. The molecule has 1 heterocycles. The number of esters is 1. The first-order chi connectivity index (χ1) is 19.7. The molecule has 0 radical (unpaired) electrons. The number of allylic oxidation sites excluding steroid dienone is 1. The molecule has 4 N–H and O–H groups in total. The van der Waals surface area contributed by atoms with Gasteiger partial charge in [-0.15, -0.1) is 0 Å². The molecule has 13 heteroatoms. The third-order valence-corrected chi connectivity index (χ3v) is 6.34. The second-order valence-electron chi connectivity index (χ2n) is 8.54. The summed E-state index contributed by atoms with van der Waals surface area (Å²) >= 11 is 2.16. The number of nitrogens with one attached hydrogen (secondary N) is 3. The number of methoxy groups -OCH3 is 2. The highest BCUT2D eigenvalue weighted by atomic mass is 127. The second kappa shape index (κ2) is 15.1. The molecule has 0 aliphatic carbocycles. The quantitative estimate of drug-likeness (QED) is 0.0589. The highest BCUT2D eigenvalue weighted by Gasteiger charge is 2.32. The molecule has 0 fully saturated rings. The van der Waals surface area contributed by atoms with Gasteiger partial charge in [0.25, 0.3) is 0 Å². The molecule has 2 aromatic carbocycles. The smallest absolute Gasteiger partial charge is 0.337 e. The Labute approximate surface area is 251 Å². The molecule has 2 atom stereocenters. The number of urea groups is 1. The van der Waals surface area contributed by atoms with Crippen LogP contribution in [-0.2, 0) is 9.53 Å². The predicted molar refractivity (Wildman–Crippen MR) is 160 cm³/mol. The number of hydrazone groups is 1. The van der Waals surface area contributed by atoms with Crippen molar-refractivity contribution < 1.29 is 38.4 Å². The van der Waals surface area contributed by atoms with Crippen molar-refractivity contribution in [3.63, 3.8) is 0 Å². The Morgan fingerprint density at radius 3 is 2.66 bits per heavy atom. The first-order valence-corrected chi connectivity index (χ1v) is 13.6. The molecular formula is C28H33IN4O8. The summed E-state index contributed by atoms with van der Waals surface area (Å²) in [5, 5.41) is 19.9. The number of benzene rings is 2. The van der Waals surface area contributed by atoms with Gasteiger partial charge in [0.1, 0.15) is 13.2 Å². The first kappa shape index (κ1) is 31.5. The van der Waals surface area contributed by atoms with E-state index in [1.54, 1.807) is 38.3 Å². The number of carbonyl (C=O) groups is 2. The van der Waals surface area contributed by atoms with Crippen LogP contribution in [-0.4, -0.2) is 63.6 Å². The number of aliphatic hydroxyl groups excluding tert-OH is 1. The molecule has 12 nitrogen and oxygen atoms in total. The minimum atomic E-state index is -1.16. The van der Waals surface area contributed by atoms with E-state index in [-0.39, 0.29) is 18.8 Å². The average Bonchev–Trinajstić information content (AvgIpc) is 2.95. The number of halogens is 1. The topological polar surface area (TPSA) is 149 Å². The molecule has 0 spiro atoms. The Bertz CT molecular complexity index is 1330. The zero-order valence-corrected chi connectivity index (χ0v) is 25.3. The van der Waals surface area contributed by atoms with Gasteiger partial charge in [0.05, 0.1) is 38.7 Å². The van der Waals surface area contributed by atoms with Gasteiger partial charge in [-0.2, -0.15) is 5.10 Å². The Morgan fingerprint density at radius 1 is 1.20 bits per heavy atom. The van der Waals surface area contributed by atoms with Gasteiger partial charge < -0.3 is 39.4 Å². The van der Waals surface area contributed by atoms with Crippen molar-refractivity contribution in [3.05, 3.63) is 69.0 Å². The van der Waals surface area contributed by atoms with Crippen molar-refractivity contribution in [2.45, 2.75) is 26.1 Å². The largest absolute Gasteiger partial charge is 0.493 e. The Kier molecular flexibility index (Phi) is 11.6. The predicted octanol–water partition coefficient (Wildman–Crippen LogP) is 3.39.